The van der Waals surface area contributed by atoms with E-state index in [2.05, 4.69) is 16.0 Å². The molecule has 1 aromatic rings. The molecule has 0 atom stereocenters. The molecule has 0 aromatic carbocycles. The Morgan fingerprint density at radius 3 is 2.52 bits per heavy atom. The molecule has 0 saturated carbocycles. The van der Waals surface area contributed by atoms with E-state index in [4.69, 9.17) is 5.26 Å². The van der Waals surface area contributed by atoms with Crippen LogP contribution in [0, 0.1) is 28.4 Å². The summed E-state index contributed by atoms with van der Waals surface area (Å²) in [5.74, 6) is 0.627. The summed E-state index contributed by atoms with van der Waals surface area (Å²) in [5.41, 5.74) is 0.173. The Labute approximate surface area is 123 Å². The fourth-order valence-electron chi connectivity index (χ4n) is 2.44. The molecule has 2 rings (SSSR count). The minimum Gasteiger partial charge on any atom is -0.354 e. The maximum absolute atomic E-state index is 11.0. The van der Waals surface area contributed by atoms with Gasteiger partial charge in [-0.1, -0.05) is 0 Å². The number of hydrogen-bond acceptors (Lipinski definition) is 6. The normalized spacial score (nSPS) is 16.6. The van der Waals surface area contributed by atoms with Crippen LogP contribution in [0.2, 0.25) is 0 Å². The van der Waals surface area contributed by atoms with Crippen molar-refractivity contribution in [2.24, 2.45) is 0 Å². The van der Waals surface area contributed by atoms with Crippen molar-refractivity contribution in [3.8, 4) is 6.07 Å². The molecule has 0 spiro atoms. The standard InChI is InChI=1S/C14H19N5O2/c1-11-9-16-13(8-12(11)19(20)21)17-4-6-18(7-5-17)14(2,3)10-15/h8-9H,4-7H2,1-3H3. The first kappa shape index (κ1) is 15.2. The van der Waals surface area contributed by atoms with Gasteiger partial charge < -0.3 is 4.90 Å². The van der Waals surface area contributed by atoms with Crippen LogP contribution in [0.4, 0.5) is 11.5 Å². The molecule has 1 aromatic heterocycles. The van der Waals surface area contributed by atoms with Gasteiger partial charge in [0.1, 0.15) is 11.4 Å². The predicted molar refractivity (Wildman–Crippen MR) is 79.1 cm³/mol. The third-order valence-corrected chi connectivity index (χ3v) is 3.92. The monoisotopic (exact) mass is 289 g/mol. The predicted octanol–water partition coefficient (Wildman–Crippen LogP) is 1.72. The maximum Gasteiger partial charge on any atom is 0.277 e. The van der Waals surface area contributed by atoms with Gasteiger partial charge in [-0.2, -0.15) is 5.26 Å². The second-order valence-corrected chi connectivity index (χ2v) is 5.73. The molecule has 2 heterocycles. The first-order valence-electron chi connectivity index (χ1n) is 6.87. The fraction of sp³-hybridized carbons (Fsp3) is 0.571. The first-order valence-corrected chi connectivity index (χ1v) is 6.87. The van der Waals surface area contributed by atoms with Gasteiger partial charge in [-0.15, -0.1) is 0 Å². The van der Waals surface area contributed by atoms with Crippen LogP contribution in [0.25, 0.3) is 0 Å². The van der Waals surface area contributed by atoms with Gasteiger partial charge >= 0.3 is 0 Å². The minimum atomic E-state index is -0.487. The van der Waals surface area contributed by atoms with Crippen molar-refractivity contribution in [1.82, 2.24) is 9.88 Å². The molecule has 1 fully saturated rings. The SMILES string of the molecule is Cc1cnc(N2CCN(C(C)(C)C#N)CC2)cc1[N+](=O)[O-]. The third-order valence-electron chi connectivity index (χ3n) is 3.92. The lowest BCUT2D eigenvalue weighted by Gasteiger charge is -2.40. The number of aryl methyl sites for hydroxylation is 1. The van der Waals surface area contributed by atoms with E-state index in [9.17, 15) is 10.1 Å². The van der Waals surface area contributed by atoms with E-state index in [1.165, 1.54) is 6.07 Å². The molecule has 0 unspecified atom stereocenters. The second kappa shape index (κ2) is 5.66. The average Bonchev–Trinajstić information content (AvgIpc) is 2.47. The van der Waals surface area contributed by atoms with Crippen molar-refractivity contribution in [3.05, 3.63) is 27.9 Å². The maximum atomic E-state index is 11.0. The van der Waals surface area contributed by atoms with Gasteiger partial charge in [0.2, 0.25) is 0 Å². The molecule has 112 valence electrons. The number of hydrogen-bond donors (Lipinski definition) is 0. The topological polar surface area (TPSA) is 86.3 Å². The Kier molecular flexibility index (Phi) is 4.09. The van der Waals surface area contributed by atoms with Gasteiger partial charge in [0.15, 0.2) is 0 Å². The summed E-state index contributed by atoms with van der Waals surface area (Å²) in [4.78, 5) is 19.0. The van der Waals surface area contributed by atoms with Crippen LogP contribution in [0.5, 0.6) is 0 Å². The lowest BCUT2D eigenvalue weighted by Crippen LogP contribution is -2.54. The highest BCUT2D eigenvalue weighted by Gasteiger charge is 2.30. The number of nitrogens with zero attached hydrogens (tertiary/aromatic N) is 5. The number of anilines is 1. The van der Waals surface area contributed by atoms with Crippen LogP contribution < -0.4 is 4.90 Å². The average molecular weight is 289 g/mol. The van der Waals surface area contributed by atoms with E-state index in [1.807, 2.05) is 18.7 Å². The zero-order valence-electron chi connectivity index (χ0n) is 12.5. The number of nitro groups is 1. The van der Waals surface area contributed by atoms with Gasteiger partial charge in [0, 0.05) is 37.9 Å². The van der Waals surface area contributed by atoms with Crippen molar-refractivity contribution >= 4 is 11.5 Å². The summed E-state index contributed by atoms with van der Waals surface area (Å²) in [6, 6.07) is 3.83. The Bertz CT molecular complexity index is 586. The molecular formula is C14H19N5O2. The smallest absolute Gasteiger partial charge is 0.277 e. The Balaban J connectivity index is 2.11. The first-order chi connectivity index (χ1) is 9.85. The number of pyridine rings is 1. The third kappa shape index (κ3) is 3.11. The Morgan fingerprint density at radius 2 is 2.00 bits per heavy atom. The lowest BCUT2D eigenvalue weighted by atomic mass is 10.0. The van der Waals surface area contributed by atoms with Crippen molar-refractivity contribution in [2.45, 2.75) is 26.3 Å². The van der Waals surface area contributed by atoms with Crippen molar-refractivity contribution in [1.29, 1.82) is 5.26 Å². The molecule has 7 nitrogen and oxygen atoms in total. The summed E-state index contributed by atoms with van der Waals surface area (Å²) in [7, 11) is 0. The van der Waals surface area contributed by atoms with Gasteiger partial charge in [-0.25, -0.2) is 4.98 Å². The molecule has 0 radical (unpaired) electrons. The summed E-state index contributed by atoms with van der Waals surface area (Å²) >= 11 is 0. The van der Waals surface area contributed by atoms with E-state index in [-0.39, 0.29) is 10.6 Å². The van der Waals surface area contributed by atoms with E-state index >= 15 is 0 Å². The zero-order valence-corrected chi connectivity index (χ0v) is 12.5. The van der Waals surface area contributed by atoms with Crippen LogP contribution in [0.15, 0.2) is 12.3 Å². The summed E-state index contributed by atoms with van der Waals surface area (Å²) in [5, 5.41) is 20.2. The number of aromatic nitrogens is 1. The summed E-state index contributed by atoms with van der Waals surface area (Å²) in [6.07, 6.45) is 1.54. The molecule has 1 aliphatic rings. The van der Waals surface area contributed by atoms with Gasteiger partial charge in [0.25, 0.3) is 5.69 Å². The van der Waals surface area contributed by atoms with Gasteiger partial charge in [-0.05, 0) is 20.8 Å². The largest absolute Gasteiger partial charge is 0.354 e. The van der Waals surface area contributed by atoms with E-state index < -0.39 is 5.54 Å². The number of piperazine rings is 1. The molecule has 1 saturated heterocycles. The van der Waals surface area contributed by atoms with Crippen LogP contribution in [0.3, 0.4) is 0 Å². The van der Waals surface area contributed by atoms with E-state index in [0.29, 0.717) is 24.5 Å². The minimum absolute atomic E-state index is 0.0970. The van der Waals surface area contributed by atoms with E-state index in [0.717, 1.165) is 13.1 Å². The quantitative estimate of drug-likeness (QED) is 0.622. The van der Waals surface area contributed by atoms with Gasteiger partial charge in [-0.3, -0.25) is 15.0 Å². The Morgan fingerprint density at radius 1 is 1.38 bits per heavy atom. The highest BCUT2D eigenvalue weighted by Crippen LogP contribution is 2.24. The molecule has 0 amide bonds. The zero-order chi connectivity index (χ0) is 15.6. The van der Waals surface area contributed by atoms with Crippen LogP contribution in [0.1, 0.15) is 19.4 Å². The fourth-order valence-corrected chi connectivity index (χ4v) is 2.44. The molecule has 0 aliphatic carbocycles. The highest BCUT2D eigenvalue weighted by molar-refractivity contribution is 5.51. The van der Waals surface area contributed by atoms with Crippen molar-refractivity contribution < 1.29 is 4.92 Å². The van der Waals surface area contributed by atoms with E-state index in [1.54, 1.807) is 13.1 Å². The van der Waals surface area contributed by atoms with Crippen LogP contribution in [-0.2, 0) is 0 Å². The molecule has 1 aliphatic heterocycles. The van der Waals surface area contributed by atoms with Crippen molar-refractivity contribution in [2.75, 3.05) is 31.1 Å². The summed E-state index contributed by atoms with van der Waals surface area (Å²) < 4.78 is 0. The number of rotatable bonds is 3. The van der Waals surface area contributed by atoms with Crippen LogP contribution >= 0.6 is 0 Å². The molecular weight excluding hydrogens is 270 g/mol. The highest BCUT2D eigenvalue weighted by atomic mass is 16.6. The number of nitriles is 1. The van der Waals surface area contributed by atoms with Crippen LogP contribution in [-0.4, -0.2) is 46.5 Å². The Hall–Kier alpha value is -2.20. The van der Waals surface area contributed by atoms with Gasteiger partial charge in [0.05, 0.1) is 17.1 Å². The molecule has 21 heavy (non-hydrogen) atoms. The lowest BCUT2D eigenvalue weighted by molar-refractivity contribution is -0.385. The summed E-state index contributed by atoms with van der Waals surface area (Å²) in [6.45, 7) is 8.38. The molecule has 0 bridgehead atoms. The molecule has 0 N–H and O–H groups in total. The second-order valence-electron chi connectivity index (χ2n) is 5.73. The van der Waals surface area contributed by atoms with Crippen molar-refractivity contribution in [3.63, 3.8) is 0 Å². The molecule has 7 heteroatoms.